The van der Waals surface area contributed by atoms with Crippen molar-refractivity contribution in [2.75, 3.05) is 33.2 Å². The first-order valence-electron chi connectivity index (χ1n) is 6.61. The number of carbonyl (C=O) groups is 1. The maximum Gasteiger partial charge on any atom is 0.222 e. The molecule has 0 N–H and O–H groups in total. The van der Waals surface area contributed by atoms with E-state index in [0.29, 0.717) is 11.3 Å². The Bertz CT molecular complexity index is 232. The molecule has 0 aromatic carbocycles. The normalized spacial score (nSPS) is 24.5. The molecule has 2 aliphatic rings. The van der Waals surface area contributed by atoms with Crippen LogP contribution in [0.4, 0.5) is 0 Å². The molecule has 1 amide bonds. The Labute approximate surface area is 99.8 Å². The second-order valence-electron chi connectivity index (χ2n) is 4.86. The highest BCUT2D eigenvalue weighted by molar-refractivity contribution is 5.79. The minimum atomic E-state index is 0.331. The van der Waals surface area contributed by atoms with Crippen LogP contribution in [0.3, 0.4) is 0 Å². The van der Waals surface area contributed by atoms with E-state index >= 15 is 0 Å². The van der Waals surface area contributed by atoms with Crippen molar-refractivity contribution in [2.45, 2.75) is 40.0 Å². The lowest BCUT2D eigenvalue weighted by molar-refractivity contribution is -0.126. The summed E-state index contributed by atoms with van der Waals surface area (Å²) in [5.74, 6) is 0.343. The molecule has 0 saturated carbocycles. The predicted octanol–water partition coefficient (Wildman–Crippen LogP) is 1.98. The molecule has 0 bridgehead atoms. The minimum absolute atomic E-state index is 0.331. The highest BCUT2D eigenvalue weighted by Crippen LogP contribution is 2.40. The zero-order valence-electron chi connectivity index (χ0n) is 11.3. The highest BCUT2D eigenvalue weighted by atomic mass is 16.2. The molecule has 94 valence electrons. The Balaban J connectivity index is 0.000000606. The van der Waals surface area contributed by atoms with E-state index in [2.05, 4.69) is 11.8 Å². The first-order valence-corrected chi connectivity index (χ1v) is 6.61. The summed E-state index contributed by atoms with van der Waals surface area (Å²) in [5.41, 5.74) is 0.331. The van der Waals surface area contributed by atoms with E-state index in [1.165, 1.54) is 25.9 Å². The number of hydrogen-bond donors (Lipinski definition) is 0. The van der Waals surface area contributed by atoms with Crippen LogP contribution in [0.25, 0.3) is 0 Å². The summed E-state index contributed by atoms with van der Waals surface area (Å²) < 4.78 is 0. The first-order chi connectivity index (χ1) is 7.65. The standard InChI is InChI=1S/C11H20N2O.C2H6/c1-3-13-6-4-11(5-7-13)8-10(14)12(2)9-11;1-2/h3-9H2,1-2H3;1-2H3. The van der Waals surface area contributed by atoms with E-state index in [9.17, 15) is 4.79 Å². The van der Waals surface area contributed by atoms with Crippen LogP contribution < -0.4 is 0 Å². The molecule has 16 heavy (non-hydrogen) atoms. The van der Waals surface area contributed by atoms with Crippen LogP contribution in [0.2, 0.25) is 0 Å². The molecule has 0 atom stereocenters. The minimum Gasteiger partial charge on any atom is -0.345 e. The number of rotatable bonds is 1. The Morgan fingerprint density at radius 2 is 1.81 bits per heavy atom. The van der Waals surface area contributed by atoms with Gasteiger partial charge in [0.15, 0.2) is 0 Å². The van der Waals surface area contributed by atoms with Crippen LogP contribution in [0, 0.1) is 5.41 Å². The maximum absolute atomic E-state index is 11.5. The lowest BCUT2D eigenvalue weighted by Gasteiger charge is -2.38. The second kappa shape index (κ2) is 5.67. The van der Waals surface area contributed by atoms with Gasteiger partial charge in [-0.2, -0.15) is 0 Å². The van der Waals surface area contributed by atoms with Gasteiger partial charge in [0, 0.05) is 20.0 Å². The average Bonchev–Trinajstić information content (AvgIpc) is 2.58. The summed E-state index contributed by atoms with van der Waals surface area (Å²) in [7, 11) is 1.93. The average molecular weight is 226 g/mol. The predicted molar refractivity (Wildman–Crippen MR) is 67.4 cm³/mol. The van der Waals surface area contributed by atoms with Gasteiger partial charge in [-0.05, 0) is 37.9 Å². The zero-order valence-corrected chi connectivity index (χ0v) is 11.3. The van der Waals surface area contributed by atoms with E-state index in [-0.39, 0.29) is 0 Å². The fraction of sp³-hybridized carbons (Fsp3) is 0.923. The van der Waals surface area contributed by atoms with Crippen molar-refractivity contribution in [3.05, 3.63) is 0 Å². The van der Waals surface area contributed by atoms with E-state index in [4.69, 9.17) is 0 Å². The molecule has 0 aromatic rings. The molecular weight excluding hydrogens is 200 g/mol. The second-order valence-corrected chi connectivity index (χ2v) is 4.86. The quantitative estimate of drug-likeness (QED) is 0.682. The van der Waals surface area contributed by atoms with Crippen molar-refractivity contribution in [1.82, 2.24) is 9.80 Å². The van der Waals surface area contributed by atoms with Gasteiger partial charge >= 0.3 is 0 Å². The first kappa shape index (κ1) is 13.5. The van der Waals surface area contributed by atoms with Gasteiger partial charge in [0.05, 0.1) is 0 Å². The van der Waals surface area contributed by atoms with Gasteiger partial charge in [0.2, 0.25) is 5.91 Å². The monoisotopic (exact) mass is 226 g/mol. The van der Waals surface area contributed by atoms with Gasteiger partial charge in [-0.15, -0.1) is 0 Å². The summed E-state index contributed by atoms with van der Waals surface area (Å²) in [6, 6.07) is 0. The Hall–Kier alpha value is -0.570. The number of hydrogen-bond acceptors (Lipinski definition) is 2. The molecule has 0 unspecified atom stereocenters. The molecule has 2 fully saturated rings. The van der Waals surface area contributed by atoms with Crippen LogP contribution in [-0.2, 0) is 4.79 Å². The maximum atomic E-state index is 11.5. The third kappa shape index (κ3) is 2.76. The van der Waals surface area contributed by atoms with Crippen LogP contribution in [0.1, 0.15) is 40.0 Å². The van der Waals surface area contributed by atoms with Gasteiger partial charge in [0.1, 0.15) is 0 Å². The number of amides is 1. The van der Waals surface area contributed by atoms with Crippen molar-refractivity contribution < 1.29 is 4.79 Å². The van der Waals surface area contributed by atoms with Gasteiger partial charge in [-0.25, -0.2) is 0 Å². The van der Waals surface area contributed by atoms with Crippen molar-refractivity contribution in [3.63, 3.8) is 0 Å². The molecule has 2 aliphatic heterocycles. The van der Waals surface area contributed by atoms with E-state index in [0.717, 1.165) is 19.5 Å². The molecule has 1 spiro atoms. The van der Waals surface area contributed by atoms with Crippen molar-refractivity contribution >= 4 is 5.91 Å². The van der Waals surface area contributed by atoms with Gasteiger partial charge in [0.25, 0.3) is 0 Å². The van der Waals surface area contributed by atoms with Gasteiger partial charge in [-0.3, -0.25) is 4.79 Å². The van der Waals surface area contributed by atoms with Crippen LogP contribution in [0.5, 0.6) is 0 Å². The summed E-state index contributed by atoms with van der Waals surface area (Å²) in [6.07, 6.45) is 3.20. The molecule has 3 heteroatoms. The third-order valence-corrected chi connectivity index (χ3v) is 3.89. The molecule has 0 radical (unpaired) electrons. The summed E-state index contributed by atoms with van der Waals surface area (Å²) in [4.78, 5) is 15.9. The molecule has 2 saturated heterocycles. The smallest absolute Gasteiger partial charge is 0.222 e. The molecule has 0 aliphatic carbocycles. The van der Waals surface area contributed by atoms with Crippen LogP contribution in [-0.4, -0.2) is 48.9 Å². The number of likely N-dealkylation sites (tertiary alicyclic amines) is 2. The summed E-state index contributed by atoms with van der Waals surface area (Å²) in [6.45, 7) is 10.7. The van der Waals surface area contributed by atoms with E-state index in [1.54, 1.807) is 0 Å². The lowest BCUT2D eigenvalue weighted by Crippen LogP contribution is -2.41. The Kier molecular flexibility index (Phi) is 4.78. The van der Waals surface area contributed by atoms with Crippen LogP contribution >= 0.6 is 0 Å². The van der Waals surface area contributed by atoms with Crippen molar-refractivity contribution in [3.8, 4) is 0 Å². The molecule has 3 nitrogen and oxygen atoms in total. The zero-order chi connectivity index (χ0) is 12.2. The fourth-order valence-electron chi connectivity index (χ4n) is 2.78. The Morgan fingerprint density at radius 3 is 2.19 bits per heavy atom. The van der Waals surface area contributed by atoms with Crippen molar-refractivity contribution in [2.24, 2.45) is 5.41 Å². The fourth-order valence-corrected chi connectivity index (χ4v) is 2.78. The molecule has 0 aromatic heterocycles. The largest absolute Gasteiger partial charge is 0.345 e. The lowest BCUT2D eigenvalue weighted by atomic mass is 9.77. The van der Waals surface area contributed by atoms with E-state index in [1.807, 2.05) is 25.8 Å². The Morgan fingerprint density at radius 1 is 1.25 bits per heavy atom. The van der Waals surface area contributed by atoms with Gasteiger partial charge < -0.3 is 9.80 Å². The topological polar surface area (TPSA) is 23.6 Å². The highest BCUT2D eigenvalue weighted by Gasteiger charge is 2.43. The third-order valence-electron chi connectivity index (χ3n) is 3.89. The number of piperidine rings is 1. The summed E-state index contributed by atoms with van der Waals surface area (Å²) >= 11 is 0. The number of nitrogens with zero attached hydrogens (tertiary/aromatic N) is 2. The molecule has 2 rings (SSSR count). The summed E-state index contributed by atoms with van der Waals surface area (Å²) in [5, 5.41) is 0. The van der Waals surface area contributed by atoms with Crippen LogP contribution in [0.15, 0.2) is 0 Å². The molecule has 2 heterocycles. The number of carbonyl (C=O) groups excluding carboxylic acids is 1. The van der Waals surface area contributed by atoms with Crippen molar-refractivity contribution in [1.29, 1.82) is 0 Å². The van der Waals surface area contributed by atoms with E-state index < -0.39 is 0 Å². The van der Waals surface area contributed by atoms with Gasteiger partial charge in [-0.1, -0.05) is 20.8 Å². The SMILES string of the molecule is CC.CCN1CCC2(CC1)CC(=O)N(C)C2. The molecular formula is C13H26N2O.